The molecule has 0 spiro atoms. The molecule has 0 saturated heterocycles. The lowest BCUT2D eigenvalue weighted by Crippen LogP contribution is -2.27. The van der Waals surface area contributed by atoms with Gasteiger partial charge in [0.2, 0.25) is 5.91 Å². The van der Waals surface area contributed by atoms with Gasteiger partial charge < -0.3 is 14.4 Å². The molecule has 0 aliphatic heterocycles. The third kappa shape index (κ3) is 5.63. The summed E-state index contributed by atoms with van der Waals surface area (Å²) in [7, 11) is 3.46. The Kier molecular flexibility index (Phi) is 7.12. The Bertz CT molecular complexity index is 998. The van der Waals surface area contributed by atoms with Crippen molar-refractivity contribution in [2.75, 3.05) is 14.2 Å². The number of nitrogens with zero attached hydrogens (tertiary/aromatic N) is 1. The predicted molar refractivity (Wildman–Crippen MR) is 120 cm³/mol. The molecule has 1 amide bonds. The fraction of sp³-hybridized carbons (Fsp3) is 0.269. The predicted octanol–water partition coefficient (Wildman–Crippen LogP) is 5.09. The fourth-order valence-electron chi connectivity index (χ4n) is 3.25. The summed E-state index contributed by atoms with van der Waals surface area (Å²) >= 11 is 0. The van der Waals surface area contributed by atoms with E-state index >= 15 is 0 Å². The highest BCUT2D eigenvalue weighted by atomic mass is 16.5. The number of methoxy groups -OCH3 is 1. The van der Waals surface area contributed by atoms with Crippen LogP contribution in [-0.4, -0.2) is 25.0 Å². The molecule has 0 bridgehead atoms. The Morgan fingerprint density at radius 3 is 2.27 bits per heavy atom. The van der Waals surface area contributed by atoms with E-state index < -0.39 is 0 Å². The van der Waals surface area contributed by atoms with E-state index in [1.54, 1.807) is 12.0 Å². The second-order valence-electron chi connectivity index (χ2n) is 7.60. The van der Waals surface area contributed by atoms with Crippen LogP contribution in [0.15, 0.2) is 66.7 Å². The maximum absolute atomic E-state index is 12.7. The SMILES string of the molecule is COc1cc(CN(C)C(=O)Cc2ccc(C)c(C)c2)ccc1OCc1ccccc1. The summed E-state index contributed by atoms with van der Waals surface area (Å²) < 4.78 is 11.4. The van der Waals surface area contributed by atoms with Crippen molar-refractivity contribution in [1.29, 1.82) is 0 Å². The first-order valence-corrected chi connectivity index (χ1v) is 10.1. The second kappa shape index (κ2) is 9.97. The van der Waals surface area contributed by atoms with Gasteiger partial charge in [-0.15, -0.1) is 0 Å². The van der Waals surface area contributed by atoms with Gasteiger partial charge in [-0.1, -0.05) is 54.6 Å². The summed E-state index contributed by atoms with van der Waals surface area (Å²) in [4.78, 5) is 14.4. The molecule has 3 aromatic carbocycles. The molecule has 0 heterocycles. The van der Waals surface area contributed by atoms with Crippen molar-refractivity contribution in [2.45, 2.75) is 33.4 Å². The Morgan fingerprint density at radius 1 is 0.833 bits per heavy atom. The lowest BCUT2D eigenvalue weighted by Gasteiger charge is -2.19. The molecule has 156 valence electrons. The molecule has 4 nitrogen and oxygen atoms in total. The summed E-state index contributed by atoms with van der Waals surface area (Å²) in [5.41, 5.74) is 5.58. The minimum atomic E-state index is 0.0848. The van der Waals surface area contributed by atoms with Crippen molar-refractivity contribution in [3.05, 3.63) is 94.5 Å². The molecular formula is C26H29NO3. The van der Waals surface area contributed by atoms with Gasteiger partial charge in [0.05, 0.1) is 13.5 Å². The standard InChI is InChI=1S/C26H29NO3/c1-19-10-11-22(14-20(19)2)16-26(28)27(3)17-23-12-13-24(25(15-23)29-4)30-18-21-8-6-5-7-9-21/h5-15H,16-18H2,1-4H3. The zero-order chi connectivity index (χ0) is 21.5. The third-order valence-corrected chi connectivity index (χ3v) is 5.24. The maximum Gasteiger partial charge on any atom is 0.227 e. The Balaban J connectivity index is 1.62. The largest absolute Gasteiger partial charge is 0.493 e. The normalized spacial score (nSPS) is 10.5. The lowest BCUT2D eigenvalue weighted by molar-refractivity contribution is -0.129. The van der Waals surface area contributed by atoms with E-state index in [2.05, 4.69) is 26.0 Å². The minimum Gasteiger partial charge on any atom is -0.493 e. The molecule has 3 aromatic rings. The van der Waals surface area contributed by atoms with Gasteiger partial charge in [0.25, 0.3) is 0 Å². The van der Waals surface area contributed by atoms with Crippen molar-refractivity contribution < 1.29 is 14.3 Å². The molecule has 0 saturated carbocycles. The minimum absolute atomic E-state index is 0.0848. The van der Waals surface area contributed by atoms with E-state index in [1.807, 2.05) is 61.6 Å². The number of carbonyl (C=O) groups is 1. The molecule has 3 rings (SSSR count). The van der Waals surface area contributed by atoms with Gasteiger partial charge in [-0.05, 0) is 53.8 Å². The van der Waals surface area contributed by atoms with Crippen LogP contribution in [-0.2, 0) is 24.4 Å². The maximum atomic E-state index is 12.7. The summed E-state index contributed by atoms with van der Waals surface area (Å²) in [6.45, 7) is 5.14. The van der Waals surface area contributed by atoms with Gasteiger partial charge in [-0.25, -0.2) is 0 Å². The van der Waals surface area contributed by atoms with Gasteiger partial charge in [0, 0.05) is 13.6 Å². The van der Waals surface area contributed by atoms with Crippen molar-refractivity contribution in [1.82, 2.24) is 4.90 Å². The molecule has 0 aliphatic carbocycles. The highest BCUT2D eigenvalue weighted by Crippen LogP contribution is 2.29. The average Bonchev–Trinajstić information content (AvgIpc) is 2.76. The first-order valence-electron chi connectivity index (χ1n) is 10.1. The molecule has 30 heavy (non-hydrogen) atoms. The van der Waals surface area contributed by atoms with E-state index in [9.17, 15) is 4.79 Å². The zero-order valence-electron chi connectivity index (χ0n) is 18.1. The van der Waals surface area contributed by atoms with Gasteiger partial charge in [0.1, 0.15) is 6.61 Å². The molecule has 0 aromatic heterocycles. The molecule has 0 atom stereocenters. The number of benzene rings is 3. The first kappa shape index (κ1) is 21.4. The Morgan fingerprint density at radius 2 is 1.57 bits per heavy atom. The van der Waals surface area contributed by atoms with Crippen LogP contribution in [0.1, 0.15) is 27.8 Å². The fourth-order valence-corrected chi connectivity index (χ4v) is 3.25. The quantitative estimate of drug-likeness (QED) is 0.526. The van der Waals surface area contributed by atoms with E-state index in [1.165, 1.54) is 11.1 Å². The molecule has 0 radical (unpaired) electrons. The van der Waals surface area contributed by atoms with Crippen molar-refractivity contribution >= 4 is 5.91 Å². The number of carbonyl (C=O) groups excluding carboxylic acids is 1. The smallest absolute Gasteiger partial charge is 0.227 e. The van der Waals surface area contributed by atoms with Crippen LogP contribution in [0.2, 0.25) is 0 Å². The lowest BCUT2D eigenvalue weighted by atomic mass is 10.0. The number of ether oxygens (including phenoxy) is 2. The molecule has 0 unspecified atom stereocenters. The van der Waals surface area contributed by atoms with Gasteiger partial charge in [-0.2, -0.15) is 0 Å². The van der Waals surface area contributed by atoms with Crippen LogP contribution in [0.5, 0.6) is 11.5 Å². The molecule has 0 fully saturated rings. The molecule has 0 N–H and O–H groups in total. The molecule has 4 heteroatoms. The molecule has 0 aliphatic rings. The van der Waals surface area contributed by atoms with E-state index in [0.717, 1.165) is 16.7 Å². The van der Waals surface area contributed by atoms with Crippen LogP contribution in [0, 0.1) is 13.8 Å². The first-order chi connectivity index (χ1) is 14.5. The average molecular weight is 404 g/mol. The number of rotatable bonds is 8. The van der Waals surface area contributed by atoms with Gasteiger partial charge in [0.15, 0.2) is 11.5 Å². The number of hydrogen-bond donors (Lipinski definition) is 0. The third-order valence-electron chi connectivity index (χ3n) is 5.24. The van der Waals surface area contributed by atoms with Crippen LogP contribution in [0.4, 0.5) is 0 Å². The second-order valence-corrected chi connectivity index (χ2v) is 7.60. The topological polar surface area (TPSA) is 38.8 Å². The summed E-state index contributed by atoms with van der Waals surface area (Å²) in [6.07, 6.45) is 0.396. The van der Waals surface area contributed by atoms with Crippen LogP contribution >= 0.6 is 0 Å². The number of aryl methyl sites for hydroxylation is 2. The summed E-state index contributed by atoms with van der Waals surface area (Å²) in [5, 5.41) is 0. The van der Waals surface area contributed by atoms with Crippen molar-refractivity contribution in [2.24, 2.45) is 0 Å². The van der Waals surface area contributed by atoms with E-state index in [0.29, 0.717) is 31.1 Å². The molecular weight excluding hydrogens is 374 g/mol. The Labute approximate surface area is 179 Å². The number of amides is 1. The van der Waals surface area contributed by atoms with Crippen molar-refractivity contribution in [3.8, 4) is 11.5 Å². The van der Waals surface area contributed by atoms with E-state index in [-0.39, 0.29) is 5.91 Å². The van der Waals surface area contributed by atoms with Crippen LogP contribution in [0.25, 0.3) is 0 Å². The van der Waals surface area contributed by atoms with Gasteiger partial charge >= 0.3 is 0 Å². The van der Waals surface area contributed by atoms with Crippen molar-refractivity contribution in [3.63, 3.8) is 0 Å². The number of likely N-dealkylation sites (N-methyl/N-ethyl adjacent to an activating group) is 1. The van der Waals surface area contributed by atoms with Crippen LogP contribution in [0.3, 0.4) is 0 Å². The summed E-state index contributed by atoms with van der Waals surface area (Å²) in [5.74, 6) is 1.44. The number of hydrogen-bond acceptors (Lipinski definition) is 3. The zero-order valence-corrected chi connectivity index (χ0v) is 18.1. The monoisotopic (exact) mass is 403 g/mol. The van der Waals surface area contributed by atoms with E-state index in [4.69, 9.17) is 9.47 Å². The Hall–Kier alpha value is -3.27. The van der Waals surface area contributed by atoms with Crippen LogP contribution < -0.4 is 9.47 Å². The summed E-state index contributed by atoms with van der Waals surface area (Å²) in [6, 6.07) is 22.0. The highest BCUT2D eigenvalue weighted by molar-refractivity contribution is 5.78. The highest BCUT2D eigenvalue weighted by Gasteiger charge is 2.13. The van der Waals surface area contributed by atoms with Gasteiger partial charge in [-0.3, -0.25) is 4.79 Å².